The topological polar surface area (TPSA) is 78.5 Å². The van der Waals surface area contributed by atoms with E-state index in [2.05, 4.69) is 33.7 Å². The molecule has 3 amide bonds. The van der Waals surface area contributed by atoms with Gasteiger partial charge in [-0.15, -0.1) is 0 Å². The van der Waals surface area contributed by atoms with Gasteiger partial charge in [-0.2, -0.15) is 0 Å². The fourth-order valence-corrected chi connectivity index (χ4v) is 4.77. The van der Waals surface area contributed by atoms with E-state index in [4.69, 9.17) is 12.2 Å². The Bertz CT molecular complexity index is 1070. The number of amides is 3. The van der Waals surface area contributed by atoms with Gasteiger partial charge in [-0.1, -0.05) is 67.3 Å². The van der Waals surface area contributed by atoms with Crippen LogP contribution in [0.1, 0.15) is 41.3 Å². The summed E-state index contributed by atoms with van der Waals surface area (Å²) in [5.41, 5.74) is 7.39. The number of thioether (sulfide) groups is 1. The molecule has 9 heteroatoms. The van der Waals surface area contributed by atoms with Crippen LogP contribution >= 0.6 is 39.9 Å². The van der Waals surface area contributed by atoms with E-state index in [0.29, 0.717) is 32.2 Å². The maximum atomic E-state index is 12.7. The zero-order valence-corrected chi connectivity index (χ0v) is 20.6. The summed E-state index contributed by atoms with van der Waals surface area (Å²) in [6, 6.07) is 15.0. The Kier molecular flexibility index (Phi) is 8.60. The Morgan fingerprint density at radius 2 is 1.84 bits per heavy atom. The number of rotatable bonds is 7. The van der Waals surface area contributed by atoms with E-state index < -0.39 is 5.91 Å². The van der Waals surface area contributed by atoms with Gasteiger partial charge in [-0.05, 0) is 58.1 Å². The minimum absolute atomic E-state index is 0.144. The number of aryl methyl sites for hydroxylation is 1. The van der Waals surface area contributed by atoms with Gasteiger partial charge in [0.25, 0.3) is 11.8 Å². The third kappa shape index (κ3) is 6.27. The van der Waals surface area contributed by atoms with Crippen LogP contribution in [0.2, 0.25) is 0 Å². The smallest absolute Gasteiger partial charge is 0.270 e. The third-order valence-electron chi connectivity index (χ3n) is 4.78. The van der Waals surface area contributed by atoms with E-state index in [1.54, 1.807) is 24.3 Å². The van der Waals surface area contributed by atoms with E-state index in [1.807, 2.05) is 30.3 Å². The highest BCUT2D eigenvalue weighted by Gasteiger charge is 2.31. The second-order valence-electron chi connectivity index (χ2n) is 7.01. The average Bonchev–Trinajstić information content (AvgIpc) is 3.05. The molecule has 32 heavy (non-hydrogen) atoms. The van der Waals surface area contributed by atoms with Crippen molar-refractivity contribution in [1.82, 2.24) is 15.8 Å². The Balaban J connectivity index is 1.47. The number of hydrogen-bond donors (Lipinski definition) is 2. The lowest BCUT2D eigenvalue weighted by Crippen LogP contribution is -2.42. The van der Waals surface area contributed by atoms with Crippen molar-refractivity contribution >= 4 is 68.0 Å². The van der Waals surface area contributed by atoms with Crippen LogP contribution in [-0.4, -0.2) is 33.5 Å². The normalized spacial score (nSPS) is 14.7. The van der Waals surface area contributed by atoms with E-state index in [9.17, 15) is 14.4 Å². The minimum Gasteiger partial charge on any atom is -0.293 e. The summed E-state index contributed by atoms with van der Waals surface area (Å²) < 4.78 is 1.12. The lowest BCUT2D eigenvalue weighted by molar-refractivity contribution is -0.124. The van der Waals surface area contributed by atoms with Crippen LogP contribution in [0.4, 0.5) is 0 Å². The predicted molar refractivity (Wildman–Crippen MR) is 135 cm³/mol. The van der Waals surface area contributed by atoms with E-state index >= 15 is 0 Å². The van der Waals surface area contributed by atoms with Gasteiger partial charge in [0.2, 0.25) is 5.91 Å². The molecule has 2 aromatic rings. The lowest BCUT2D eigenvalue weighted by atomic mass is 10.1. The maximum absolute atomic E-state index is 12.7. The summed E-state index contributed by atoms with van der Waals surface area (Å²) in [7, 11) is 0. The molecule has 1 aliphatic rings. The monoisotopic (exact) mass is 531 g/mol. The first-order chi connectivity index (χ1) is 15.4. The molecule has 1 saturated heterocycles. The molecule has 0 atom stereocenters. The number of nitrogens with one attached hydrogen (secondary N) is 2. The molecular formula is C23H22BrN3O3S2. The quantitative estimate of drug-likeness (QED) is 0.313. The molecule has 2 N–H and O–H groups in total. The molecule has 0 radical (unpaired) electrons. The summed E-state index contributed by atoms with van der Waals surface area (Å²) in [4.78, 5) is 39.0. The number of benzene rings is 2. The number of hydrazine groups is 1. The highest BCUT2D eigenvalue weighted by Crippen LogP contribution is 2.32. The van der Waals surface area contributed by atoms with Crippen LogP contribution in [0, 0.1) is 0 Å². The molecule has 6 nitrogen and oxygen atoms in total. The van der Waals surface area contributed by atoms with Crippen molar-refractivity contribution in [2.45, 2.75) is 26.2 Å². The summed E-state index contributed by atoms with van der Waals surface area (Å²) >= 11 is 9.91. The van der Waals surface area contributed by atoms with Gasteiger partial charge < -0.3 is 0 Å². The highest BCUT2D eigenvalue weighted by atomic mass is 79.9. The second-order valence-corrected chi connectivity index (χ2v) is 9.54. The fourth-order valence-electron chi connectivity index (χ4n) is 2.99. The molecule has 0 aromatic heterocycles. The van der Waals surface area contributed by atoms with Gasteiger partial charge >= 0.3 is 0 Å². The molecule has 0 aliphatic carbocycles. The first-order valence-electron chi connectivity index (χ1n) is 10.1. The van der Waals surface area contributed by atoms with Crippen molar-refractivity contribution in [2.75, 3.05) is 6.54 Å². The van der Waals surface area contributed by atoms with Crippen molar-refractivity contribution in [3.05, 3.63) is 74.6 Å². The van der Waals surface area contributed by atoms with Gasteiger partial charge in [0.15, 0.2) is 0 Å². The van der Waals surface area contributed by atoms with Crippen LogP contribution in [0.5, 0.6) is 0 Å². The summed E-state index contributed by atoms with van der Waals surface area (Å²) in [6.07, 6.45) is 3.36. The number of halogens is 1. The van der Waals surface area contributed by atoms with Gasteiger partial charge in [-0.3, -0.25) is 30.1 Å². The average molecular weight is 532 g/mol. The Morgan fingerprint density at radius 1 is 1.12 bits per heavy atom. The molecule has 0 spiro atoms. The number of carbonyl (C=O) groups is 3. The van der Waals surface area contributed by atoms with Crippen LogP contribution in [-0.2, 0) is 16.0 Å². The first kappa shape index (κ1) is 24.2. The van der Waals surface area contributed by atoms with Gasteiger partial charge in [0.05, 0.1) is 10.5 Å². The fraction of sp³-hybridized carbons (Fsp3) is 0.217. The number of carbonyl (C=O) groups excluding carboxylic acids is 3. The van der Waals surface area contributed by atoms with Crippen LogP contribution < -0.4 is 10.9 Å². The van der Waals surface area contributed by atoms with Gasteiger partial charge in [-0.25, -0.2) is 0 Å². The Morgan fingerprint density at radius 3 is 2.53 bits per heavy atom. The SMILES string of the molecule is CCc1ccc(/C=C2\SC(=S)N(CCCC(=O)NNC(=O)c3ccccc3Br)C2=O)cc1. The van der Waals surface area contributed by atoms with Crippen LogP contribution in [0.15, 0.2) is 57.9 Å². The van der Waals surface area contributed by atoms with Gasteiger partial charge in [0.1, 0.15) is 4.32 Å². The molecule has 0 unspecified atom stereocenters. The van der Waals surface area contributed by atoms with Crippen molar-refractivity contribution in [2.24, 2.45) is 0 Å². The molecule has 1 heterocycles. The maximum Gasteiger partial charge on any atom is 0.270 e. The third-order valence-corrected chi connectivity index (χ3v) is 6.85. The number of hydrogen-bond acceptors (Lipinski definition) is 5. The van der Waals surface area contributed by atoms with Crippen LogP contribution in [0.25, 0.3) is 6.08 Å². The molecule has 1 fully saturated rings. The second kappa shape index (κ2) is 11.4. The van der Waals surface area contributed by atoms with Crippen molar-refractivity contribution in [1.29, 1.82) is 0 Å². The highest BCUT2D eigenvalue weighted by molar-refractivity contribution is 9.10. The zero-order valence-electron chi connectivity index (χ0n) is 17.4. The van der Waals surface area contributed by atoms with E-state index in [-0.39, 0.29) is 18.2 Å². The molecule has 1 aliphatic heterocycles. The van der Waals surface area contributed by atoms with Crippen molar-refractivity contribution in [3.8, 4) is 0 Å². The Labute approximate surface area is 204 Å². The largest absolute Gasteiger partial charge is 0.293 e. The van der Waals surface area contributed by atoms with E-state index in [0.717, 1.165) is 12.0 Å². The summed E-state index contributed by atoms with van der Waals surface area (Å²) in [6.45, 7) is 2.43. The molecule has 166 valence electrons. The van der Waals surface area contributed by atoms with Crippen molar-refractivity contribution < 1.29 is 14.4 Å². The summed E-state index contributed by atoms with van der Waals surface area (Å²) in [5, 5.41) is 0. The molecular weight excluding hydrogens is 510 g/mol. The zero-order chi connectivity index (χ0) is 23.1. The minimum atomic E-state index is -0.417. The van der Waals surface area contributed by atoms with Crippen molar-refractivity contribution in [3.63, 3.8) is 0 Å². The Hall–Kier alpha value is -2.49. The summed E-state index contributed by atoms with van der Waals surface area (Å²) in [5.74, 6) is -0.913. The molecule has 2 aromatic carbocycles. The first-order valence-corrected chi connectivity index (χ1v) is 12.1. The van der Waals surface area contributed by atoms with E-state index in [1.165, 1.54) is 22.2 Å². The van der Waals surface area contributed by atoms with Crippen LogP contribution in [0.3, 0.4) is 0 Å². The molecule has 3 rings (SSSR count). The number of thiocarbonyl (C=S) groups is 1. The predicted octanol–water partition coefficient (Wildman–Crippen LogP) is 4.45. The molecule has 0 saturated carbocycles. The standard InChI is InChI=1S/C23H22BrN3O3S2/c1-2-15-9-11-16(12-10-15)14-19-22(30)27(23(31)32-19)13-5-8-20(28)25-26-21(29)17-6-3-4-7-18(17)24/h3-4,6-7,9-12,14H,2,5,8,13H2,1H3,(H,25,28)(H,26,29)/b19-14-. The molecule has 0 bridgehead atoms. The van der Waals surface area contributed by atoms with Gasteiger partial charge in [0, 0.05) is 17.4 Å². The lowest BCUT2D eigenvalue weighted by Gasteiger charge is -2.14. The number of nitrogens with zero attached hydrogens (tertiary/aromatic N) is 1.